The summed E-state index contributed by atoms with van der Waals surface area (Å²) < 4.78 is 27.4. The third-order valence-corrected chi connectivity index (χ3v) is 4.97. The zero-order valence-corrected chi connectivity index (χ0v) is 15.2. The van der Waals surface area contributed by atoms with Crippen molar-refractivity contribution in [2.45, 2.75) is 37.8 Å². The van der Waals surface area contributed by atoms with Gasteiger partial charge in [0.05, 0.1) is 16.3 Å². The van der Waals surface area contributed by atoms with Crippen LogP contribution in [-0.2, 0) is 0 Å². The second kappa shape index (κ2) is 7.80. The molecule has 11 heteroatoms. The molecule has 3 N–H and O–H groups in total. The molecule has 1 aliphatic rings. The van der Waals surface area contributed by atoms with E-state index in [0.717, 1.165) is 10.9 Å². The molecule has 8 nitrogen and oxygen atoms in total. The molecular weight excluding hydrogens is 398 g/mol. The Kier molecular flexibility index (Phi) is 5.61. The molecule has 1 atom stereocenters. The summed E-state index contributed by atoms with van der Waals surface area (Å²) in [5.74, 6) is -3.96. The van der Waals surface area contributed by atoms with E-state index in [1.165, 1.54) is 18.2 Å². The van der Waals surface area contributed by atoms with Crippen molar-refractivity contribution in [1.82, 2.24) is 20.1 Å². The summed E-state index contributed by atoms with van der Waals surface area (Å²) in [4.78, 5) is 37.5. The Balaban J connectivity index is 1.78. The summed E-state index contributed by atoms with van der Waals surface area (Å²) in [6.45, 7) is 0. The first-order valence-electron chi connectivity index (χ1n) is 8.52. The molecule has 1 unspecified atom stereocenters. The van der Waals surface area contributed by atoms with E-state index in [1.807, 2.05) is 4.98 Å². The van der Waals surface area contributed by atoms with Gasteiger partial charge in [-0.05, 0) is 31.0 Å². The summed E-state index contributed by atoms with van der Waals surface area (Å²) >= 11 is 6.04. The van der Waals surface area contributed by atoms with Crippen molar-refractivity contribution in [3.8, 4) is 5.69 Å². The molecule has 28 heavy (non-hydrogen) atoms. The van der Waals surface area contributed by atoms with Crippen molar-refractivity contribution in [3.05, 3.63) is 55.8 Å². The molecule has 1 heterocycles. The Morgan fingerprint density at radius 2 is 2.04 bits per heavy atom. The van der Waals surface area contributed by atoms with E-state index < -0.39 is 35.2 Å². The Hall–Kier alpha value is -2.59. The lowest BCUT2D eigenvalue weighted by atomic mass is 9.85. The minimum Gasteiger partial charge on any atom is -0.373 e. The normalized spacial score (nSPS) is 17.9. The molecule has 1 aliphatic carbocycles. The fraction of sp³-hybridized carbons (Fsp3) is 0.412. The third kappa shape index (κ3) is 4.45. The number of hydrogen-bond donors (Lipinski definition) is 3. The van der Waals surface area contributed by atoms with Crippen molar-refractivity contribution < 1.29 is 18.7 Å². The van der Waals surface area contributed by atoms with Gasteiger partial charge in [0.2, 0.25) is 5.92 Å². The number of hydrogen-bond acceptors (Lipinski definition) is 5. The molecule has 2 aromatic rings. The number of amides is 1. The molecule has 1 fully saturated rings. The van der Waals surface area contributed by atoms with Gasteiger partial charge in [0.15, 0.2) is 0 Å². The molecule has 1 aromatic carbocycles. The number of nitrogens with one attached hydrogen (secondary N) is 2. The average molecular weight is 415 g/mol. The van der Waals surface area contributed by atoms with Crippen molar-refractivity contribution in [2.75, 3.05) is 0 Å². The van der Waals surface area contributed by atoms with Gasteiger partial charge in [-0.25, -0.2) is 13.6 Å². The number of carbonyl (C=O) groups excluding carboxylic acids is 1. The fourth-order valence-electron chi connectivity index (χ4n) is 3.06. The van der Waals surface area contributed by atoms with Crippen LogP contribution in [0.1, 0.15) is 36.0 Å². The van der Waals surface area contributed by atoms with E-state index in [4.69, 9.17) is 11.6 Å². The number of aromatic amines is 1. The largest absolute Gasteiger partial charge is 0.373 e. The Bertz CT molecular complexity index is 997. The van der Waals surface area contributed by atoms with E-state index in [0.29, 0.717) is 0 Å². The van der Waals surface area contributed by atoms with E-state index in [-0.39, 0.29) is 42.0 Å². The van der Waals surface area contributed by atoms with Crippen LogP contribution in [0.3, 0.4) is 0 Å². The maximum absolute atomic E-state index is 13.2. The van der Waals surface area contributed by atoms with Crippen LogP contribution in [0.2, 0.25) is 5.02 Å². The number of carbonyl (C=O) groups is 1. The highest BCUT2D eigenvalue weighted by Crippen LogP contribution is 2.37. The molecule has 0 bridgehead atoms. The second-order valence-electron chi connectivity index (χ2n) is 6.63. The van der Waals surface area contributed by atoms with E-state index in [2.05, 4.69) is 10.4 Å². The molecule has 150 valence electrons. The Labute approximate surface area is 162 Å². The van der Waals surface area contributed by atoms with E-state index in [1.54, 1.807) is 0 Å². The topological polar surface area (TPSA) is 117 Å². The number of aliphatic hydroxyl groups excluding tert-OH is 1. The highest BCUT2D eigenvalue weighted by molar-refractivity contribution is 6.33. The molecule has 1 amide bonds. The minimum absolute atomic E-state index is 0.0424. The molecule has 0 radical (unpaired) electrons. The van der Waals surface area contributed by atoms with Gasteiger partial charge in [0, 0.05) is 18.8 Å². The Morgan fingerprint density at radius 3 is 2.68 bits per heavy atom. The summed E-state index contributed by atoms with van der Waals surface area (Å²) in [6.07, 6.45) is -0.934. The zero-order chi connectivity index (χ0) is 20.5. The predicted octanol–water partition coefficient (Wildman–Crippen LogP) is 1.45. The van der Waals surface area contributed by atoms with Crippen LogP contribution in [0.4, 0.5) is 8.78 Å². The first-order chi connectivity index (χ1) is 13.2. The number of benzene rings is 1. The van der Waals surface area contributed by atoms with Crippen LogP contribution < -0.4 is 16.6 Å². The third-order valence-electron chi connectivity index (χ3n) is 4.64. The van der Waals surface area contributed by atoms with Crippen LogP contribution in [0, 0.1) is 5.92 Å². The number of alkyl halides is 2. The molecule has 0 spiro atoms. The predicted molar refractivity (Wildman–Crippen MR) is 95.8 cm³/mol. The highest BCUT2D eigenvalue weighted by atomic mass is 35.5. The highest BCUT2D eigenvalue weighted by Gasteiger charge is 2.37. The summed E-state index contributed by atoms with van der Waals surface area (Å²) in [6, 6.07) is 4.05. The SMILES string of the molecule is O=C(NC(O)C1CCC(F)(F)CC1)c1cc(-n2ncc(=O)[nH]c2=O)ccc1Cl. The van der Waals surface area contributed by atoms with Gasteiger partial charge in [-0.2, -0.15) is 9.78 Å². The van der Waals surface area contributed by atoms with Crippen LogP contribution >= 0.6 is 11.6 Å². The molecule has 3 rings (SSSR count). The van der Waals surface area contributed by atoms with Gasteiger partial charge in [0.25, 0.3) is 11.5 Å². The van der Waals surface area contributed by atoms with Crippen molar-refractivity contribution in [2.24, 2.45) is 5.92 Å². The smallest absolute Gasteiger partial charge is 0.349 e. The molecule has 0 aliphatic heterocycles. The van der Waals surface area contributed by atoms with Gasteiger partial charge < -0.3 is 10.4 Å². The zero-order valence-electron chi connectivity index (χ0n) is 14.5. The van der Waals surface area contributed by atoms with Crippen LogP contribution in [0.15, 0.2) is 34.0 Å². The Morgan fingerprint density at radius 1 is 1.36 bits per heavy atom. The van der Waals surface area contributed by atoms with E-state index >= 15 is 0 Å². The number of nitrogens with zero attached hydrogens (tertiary/aromatic N) is 2. The molecular formula is C17H17ClF2N4O4. The summed E-state index contributed by atoms with van der Waals surface area (Å²) in [5, 5.41) is 16.3. The average Bonchev–Trinajstić information content (AvgIpc) is 2.62. The maximum Gasteiger partial charge on any atom is 0.349 e. The maximum atomic E-state index is 13.2. The van der Waals surface area contributed by atoms with Gasteiger partial charge in [-0.15, -0.1) is 0 Å². The quantitative estimate of drug-likeness (QED) is 0.654. The first-order valence-corrected chi connectivity index (χ1v) is 8.89. The lowest BCUT2D eigenvalue weighted by molar-refractivity contribution is -0.0650. The number of H-pyrrole nitrogens is 1. The minimum atomic E-state index is -2.74. The number of aromatic nitrogens is 3. The monoisotopic (exact) mass is 414 g/mol. The standard InChI is InChI=1S/C17H17ClF2N4O4/c18-12-2-1-10(24-16(28)22-13(25)8-21-24)7-11(12)15(27)23-14(26)9-3-5-17(19,20)6-4-9/h1-2,7-9,14,26H,3-6H2,(H,23,27)(H,22,25,28). The summed E-state index contributed by atoms with van der Waals surface area (Å²) in [7, 11) is 0. The lowest BCUT2D eigenvalue weighted by Gasteiger charge is -2.31. The molecule has 0 saturated heterocycles. The summed E-state index contributed by atoms with van der Waals surface area (Å²) in [5.41, 5.74) is -1.35. The number of aliphatic hydroxyl groups is 1. The van der Waals surface area contributed by atoms with E-state index in [9.17, 15) is 28.3 Å². The van der Waals surface area contributed by atoms with Crippen LogP contribution in [0.5, 0.6) is 0 Å². The lowest BCUT2D eigenvalue weighted by Crippen LogP contribution is -2.43. The van der Waals surface area contributed by atoms with Gasteiger partial charge in [0.1, 0.15) is 12.4 Å². The van der Waals surface area contributed by atoms with Crippen molar-refractivity contribution >= 4 is 17.5 Å². The second-order valence-corrected chi connectivity index (χ2v) is 7.03. The van der Waals surface area contributed by atoms with Crippen molar-refractivity contribution in [3.63, 3.8) is 0 Å². The fourth-order valence-corrected chi connectivity index (χ4v) is 3.27. The molecule has 1 aromatic heterocycles. The first kappa shape index (κ1) is 20.2. The van der Waals surface area contributed by atoms with Gasteiger partial charge in [-0.3, -0.25) is 14.6 Å². The molecule has 1 saturated carbocycles. The van der Waals surface area contributed by atoms with Gasteiger partial charge in [-0.1, -0.05) is 11.6 Å². The number of rotatable bonds is 4. The van der Waals surface area contributed by atoms with Crippen LogP contribution in [0.25, 0.3) is 5.69 Å². The number of halogens is 3. The van der Waals surface area contributed by atoms with Crippen LogP contribution in [-0.4, -0.2) is 37.9 Å². The van der Waals surface area contributed by atoms with Gasteiger partial charge >= 0.3 is 5.69 Å². The van der Waals surface area contributed by atoms with Crippen molar-refractivity contribution in [1.29, 1.82) is 0 Å².